The summed E-state index contributed by atoms with van der Waals surface area (Å²) < 4.78 is 0. The lowest BCUT2D eigenvalue weighted by molar-refractivity contribution is 0.216. The monoisotopic (exact) mass is 224 g/mol. The van der Waals surface area contributed by atoms with Gasteiger partial charge in [-0.05, 0) is 62.7 Å². The van der Waals surface area contributed by atoms with Crippen molar-refractivity contribution in [2.45, 2.75) is 40.0 Å². The van der Waals surface area contributed by atoms with Crippen LogP contribution in [0.15, 0.2) is 0 Å². The minimum Gasteiger partial charge on any atom is -0.316 e. The Kier molecular flexibility index (Phi) is 3.91. The Morgan fingerprint density at radius 3 is 2.69 bits per heavy atom. The third-order valence-electron chi connectivity index (χ3n) is 4.60. The summed E-state index contributed by atoms with van der Waals surface area (Å²) in [5.41, 5.74) is 0.578. The highest BCUT2D eigenvalue weighted by molar-refractivity contribution is 4.83. The summed E-state index contributed by atoms with van der Waals surface area (Å²) in [5.74, 6) is 1.76. The average Bonchev–Trinajstić information content (AvgIpc) is 2.52. The van der Waals surface area contributed by atoms with Crippen molar-refractivity contribution in [3.8, 4) is 0 Å². The van der Waals surface area contributed by atoms with Crippen LogP contribution in [0, 0.1) is 17.3 Å². The van der Waals surface area contributed by atoms with Gasteiger partial charge in [-0.1, -0.05) is 20.8 Å². The Morgan fingerprint density at radius 1 is 1.19 bits per heavy atom. The average molecular weight is 224 g/mol. The maximum atomic E-state index is 3.52. The van der Waals surface area contributed by atoms with E-state index in [9.17, 15) is 0 Å². The Balaban J connectivity index is 1.81. The molecule has 2 aliphatic heterocycles. The van der Waals surface area contributed by atoms with E-state index < -0.39 is 0 Å². The molecule has 16 heavy (non-hydrogen) atoms. The third-order valence-corrected chi connectivity index (χ3v) is 4.60. The molecule has 2 rings (SSSR count). The molecule has 2 aliphatic rings. The van der Waals surface area contributed by atoms with Crippen molar-refractivity contribution in [2.75, 3.05) is 32.7 Å². The lowest BCUT2D eigenvalue weighted by Gasteiger charge is -2.26. The van der Waals surface area contributed by atoms with Crippen molar-refractivity contribution in [1.29, 1.82) is 0 Å². The van der Waals surface area contributed by atoms with Gasteiger partial charge in [0.05, 0.1) is 0 Å². The van der Waals surface area contributed by atoms with E-state index in [1.54, 1.807) is 0 Å². The predicted octanol–water partition coefficient (Wildman–Crippen LogP) is 2.35. The molecule has 2 heterocycles. The zero-order valence-electron chi connectivity index (χ0n) is 11.3. The fraction of sp³-hybridized carbons (Fsp3) is 1.00. The molecule has 2 saturated heterocycles. The molecule has 2 fully saturated rings. The zero-order valence-corrected chi connectivity index (χ0v) is 11.3. The molecule has 0 unspecified atom stereocenters. The molecule has 0 aliphatic carbocycles. The maximum Gasteiger partial charge on any atom is 0.00248 e. The van der Waals surface area contributed by atoms with E-state index in [0.29, 0.717) is 5.41 Å². The third kappa shape index (κ3) is 3.21. The molecule has 0 radical (unpaired) electrons. The van der Waals surface area contributed by atoms with E-state index in [-0.39, 0.29) is 0 Å². The second-order valence-corrected chi connectivity index (χ2v) is 6.71. The molecule has 2 nitrogen and oxygen atoms in total. The summed E-state index contributed by atoms with van der Waals surface area (Å²) in [5, 5.41) is 3.52. The highest BCUT2D eigenvalue weighted by atomic mass is 15.1. The summed E-state index contributed by atoms with van der Waals surface area (Å²) >= 11 is 0. The summed E-state index contributed by atoms with van der Waals surface area (Å²) in [4.78, 5) is 2.71. The maximum absolute atomic E-state index is 3.52. The van der Waals surface area contributed by atoms with Gasteiger partial charge in [-0.25, -0.2) is 0 Å². The number of likely N-dealkylation sites (tertiary alicyclic amines) is 1. The van der Waals surface area contributed by atoms with Crippen molar-refractivity contribution in [3.63, 3.8) is 0 Å². The van der Waals surface area contributed by atoms with Crippen molar-refractivity contribution < 1.29 is 0 Å². The van der Waals surface area contributed by atoms with Crippen LogP contribution in [-0.4, -0.2) is 37.6 Å². The smallest absolute Gasteiger partial charge is 0.00248 e. The molecule has 94 valence electrons. The lowest BCUT2D eigenvalue weighted by Crippen LogP contribution is -2.33. The van der Waals surface area contributed by atoms with Gasteiger partial charge < -0.3 is 10.2 Å². The molecule has 0 bridgehead atoms. The molecule has 2 atom stereocenters. The number of hydrogen-bond acceptors (Lipinski definition) is 2. The standard InChI is InChI=1S/C14H28N2/c1-12-9-15-10-13(12)11-16-7-4-5-14(2,3)6-8-16/h12-13,15H,4-11H2,1-3H3/t12-,13+/m1/s1. The topological polar surface area (TPSA) is 15.3 Å². The Hall–Kier alpha value is -0.0800. The van der Waals surface area contributed by atoms with Crippen LogP contribution >= 0.6 is 0 Å². The number of hydrogen-bond donors (Lipinski definition) is 1. The SMILES string of the molecule is C[C@@H]1CNC[C@H]1CN1CCCC(C)(C)CC1. The molecule has 0 saturated carbocycles. The van der Waals surface area contributed by atoms with Gasteiger partial charge in [-0.15, -0.1) is 0 Å². The van der Waals surface area contributed by atoms with Crippen LogP contribution in [0.2, 0.25) is 0 Å². The van der Waals surface area contributed by atoms with E-state index in [2.05, 4.69) is 31.0 Å². The van der Waals surface area contributed by atoms with E-state index in [1.165, 1.54) is 52.0 Å². The quantitative estimate of drug-likeness (QED) is 0.774. The second kappa shape index (κ2) is 5.05. The summed E-state index contributed by atoms with van der Waals surface area (Å²) in [6, 6.07) is 0. The van der Waals surface area contributed by atoms with Gasteiger partial charge in [0.2, 0.25) is 0 Å². The largest absolute Gasteiger partial charge is 0.316 e. The molecule has 0 spiro atoms. The first-order valence-corrected chi connectivity index (χ1v) is 7.00. The van der Waals surface area contributed by atoms with Crippen molar-refractivity contribution in [2.24, 2.45) is 17.3 Å². The summed E-state index contributed by atoms with van der Waals surface area (Å²) in [6.07, 6.45) is 4.17. The van der Waals surface area contributed by atoms with Gasteiger partial charge in [0.15, 0.2) is 0 Å². The second-order valence-electron chi connectivity index (χ2n) is 6.71. The summed E-state index contributed by atoms with van der Waals surface area (Å²) in [6.45, 7) is 13.7. The number of nitrogens with one attached hydrogen (secondary N) is 1. The van der Waals surface area contributed by atoms with Crippen LogP contribution in [-0.2, 0) is 0 Å². The molecule has 0 aromatic carbocycles. The molecule has 0 amide bonds. The van der Waals surface area contributed by atoms with Gasteiger partial charge >= 0.3 is 0 Å². The Labute approximate surface area is 101 Å². The predicted molar refractivity (Wildman–Crippen MR) is 69.6 cm³/mol. The van der Waals surface area contributed by atoms with Crippen LogP contribution in [0.4, 0.5) is 0 Å². The van der Waals surface area contributed by atoms with Gasteiger partial charge in [-0.2, -0.15) is 0 Å². The van der Waals surface area contributed by atoms with Crippen LogP contribution < -0.4 is 5.32 Å². The first-order valence-electron chi connectivity index (χ1n) is 7.00. The minimum absolute atomic E-state index is 0.578. The fourth-order valence-corrected chi connectivity index (χ4v) is 3.10. The van der Waals surface area contributed by atoms with E-state index >= 15 is 0 Å². The zero-order chi connectivity index (χ0) is 11.6. The minimum atomic E-state index is 0.578. The first-order chi connectivity index (χ1) is 7.57. The molecular weight excluding hydrogens is 196 g/mol. The van der Waals surface area contributed by atoms with Crippen LogP contribution in [0.5, 0.6) is 0 Å². The Bertz CT molecular complexity index is 225. The fourth-order valence-electron chi connectivity index (χ4n) is 3.10. The van der Waals surface area contributed by atoms with Gasteiger partial charge in [0, 0.05) is 6.54 Å². The van der Waals surface area contributed by atoms with E-state index in [1.807, 2.05) is 0 Å². The molecule has 0 aromatic rings. The van der Waals surface area contributed by atoms with E-state index in [0.717, 1.165) is 11.8 Å². The highest BCUT2D eigenvalue weighted by Gasteiger charge is 2.28. The molecule has 2 heteroatoms. The van der Waals surface area contributed by atoms with Crippen LogP contribution in [0.1, 0.15) is 40.0 Å². The van der Waals surface area contributed by atoms with Crippen molar-refractivity contribution >= 4 is 0 Å². The van der Waals surface area contributed by atoms with Gasteiger partial charge in [-0.3, -0.25) is 0 Å². The lowest BCUT2D eigenvalue weighted by atomic mass is 9.85. The van der Waals surface area contributed by atoms with Crippen molar-refractivity contribution in [1.82, 2.24) is 10.2 Å². The van der Waals surface area contributed by atoms with Crippen molar-refractivity contribution in [3.05, 3.63) is 0 Å². The van der Waals surface area contributed by atoms with Gasteiger partial charge in [0.25, 0.3) is 0 Å². The van der Waals surface area contributed by atoms with Crippen LogP contribution in [0.3, 0.4) is 0 Å². The normalized spacial score (nSPS) is 36.2. The Morgan fingerprint density at radius 2 is 2.00 bits per heavy atom. The number of nitrogens with zero attached hydrogens (tertiary/aromatic N) is 1. The molecule has 1 N–H and O–H groups in total. The molecular formula is C14H28N2. The summed E-state index contributed by atoms with van der Waals surface area (Å²) in [7, 11) is 0. The highest BCUT2D eigenvalue weighted by Crippen LogP contribution is 2.30. The number of rotatable bonds is 2. The first kappa shape index (κ1) is 12.4. The van der Waals surface area contributed by atoms with Crippen LogP contribution in [0.25, 0.3) is 0 Å². The van der Waals surface area contributed by atoms with E-state index in [4.69, 9.17) is 0 Å². The molecule has 0 aromatic heterocycles. The van der Waals surface area contributed by atoms with Gasteiger partial charge in [0.1, 0.15) is 0 Å².